The average molecular weight is 294 g/mol. The normalized spacial score (nSPS) is 10.4. The summed E-state index contributed by atoms with van der Waals surface area (Å²) in [7, 11) is 0. The lowest BCUT2D eigenvalue weighted by atomic mass is 10.1. The lowest BCUT2D eigenvalue weighted by molar-refractivity contribution is 0.302. The summed E-state index contributed by atoms with van der Waals surface area (Å²) in [6.07, 6.45) is 1.48. The van der Waals surface area contributed by atoms with Crippen molar-refractivity contribution in [2.45, 2.75) is 20.1 Å². The smallest absolute Gasteiger partial charge is 0.218 e. The van der Waals surface area contributed by atoms with E-state index in [0.717, 1.165) is 11.3 Å². The van der Waals surface area contributed by atoms with E-state index >= 15 is 0 Å². The third kappa shape index (κ3) is 3.44. The number of ether oxygens (including phenoxy) is 1. The van der Waals surface area contributed by atoms with E-state index in [-0.39, 0.29) is 0 Å². The Morgan fingerprint density at radius 1 is 1.05 bits per heavy atom. The largest absolute Gasteiger partial charge is 0.489 e. The molecule has 0 saturated heterocycles. The summed E-state index contributed by atoms with van der Waals surface area (Å²) in [5, 5.41) is 9.77. The van der Waals surface area contributed by atoms with Crippen LogP contribution in [0.3, 0.4) is 0 Å². The van der Waals surface area contributed by atoms with Crippen LogP contribution in [-0.4, -0.2) is 15.2 Å². The van der Waals surface area contributed by atoms with E-state index in [1.807, 2.05) is 36.4 Å². The highest BCUT2D eigenvalue weighted by atomic mass is 16.5. The van der Waals surface area contributed by atoms with Crippen LogP contribution in [0, 0.1) is 6.92 Å². The van der Waals surface area contributed by atoms with Crippen molar-refractivity contribution in [2.24, 2.45) is 0 Å². The first kappa shape index (κ1) is 14.1. The number of aromatic nitrogens is 3. The van der Waals surface area contributed by atoms with Gasteiger partial charge in [-0.15, -0.1) is 0 Å². The van der Waals surface area contributed by atoms with Crippen molar-refractivity contribution in [2.75, 3.05) is 5.32 Å². The van der Waals surface area contributed by atoms with Crippen LogP contribution in [0.25, 0.3) is 0 Å². The molecule has 112 valence electrons. The molecular weight excluding hydrogens is 276 g/mol. The monoisotopic (exact) mass is 294 g/mol. The van der Waals surface area contributed by atoms with Crippen LogP contribution >= 0.6 is 0 Å². The van der Waals surface area contributed by atoms with Crippen LogP contribution in [0.1, 0.15) is 16.7 Å². The molecule has 2 N–H and O–H groups in total. The third-order valence-corrected chi connectivity index (χ3v) is 3.48. The molecule has 0 amide bonds. The SMILES string of the molecule is Cc1ccccc1COc1ccccc1CNc1ncn[nH]1. The highest BCUT2D eigenvalue weighted by Gasteiger charge is 2.05. The van der Waals surface area contributed by atoms with Crippen molar-refractivity contribution >= 4 is 5.95 Å². The first-order valence-electron chi connectivity index (χ1n) is 7.17. The lowest BCUT2D eigenvalue weighted by Gasteiger charge is -2.13. The quantitative estimate of drug-likeness (QED) is 0.732. The van der Waals surface area contributed by atoms with E-state index in [1.54, 1.807) is 0 Å². The predicted molar refractivity (Wildman–Crippen MR) is 85.7 cm³/mol. The minimum Gasteiger partial charge on any atom is -0.489 e. The first-order valence-corrected chi connectivity index (χ1v) is 7.17. The van der Waals surface area contributed by atoms with Gasteiger partial charge in [0.15, 0.2) is 0 Å². The van der Waals surface area contributed by atoms with E-state index in [0.29, 0.717) is 19.1 Å². The molecule has 22 heavy (non-hydrogen) atoms. The molecule has 5 heteroatoms. The summed E-state index contributed by atoms with van der Waals surface area (Å²) in [4.78, 5) is 4.05. The molecule has 0 aliphatic rings. The molecule has 0 bridgehead atoms. The number of benzene rings is 2. The number of aromatic amines is 1. The Labute approximate surface area is 129 Å². The Bertz CT molecular complexity index is 725. The van der Waals surface area contributed by atoms with Gasteiger partial charge in [0.2, 0.25) is 5.95 Å². The molecule has 1 heterocycles. The lowest BCUT2D eigenvalue weighted by Crippen LogP contribution is -2.05. The van der Waals surface area contributed by atoms with Gasteiger partial charge >= 0.3 is 0 Å². The van der Waals surface area contributed by atoms with Crippen LogP contribution in [0.15, 0.2) is 54.9 Å². The van der Waals surface area contributed by atoms with Gasteiger partial charge in [0.05, 0.1) is 0 Å². The maximum atomic E-state index is 5.99. The van der Waals surface area contributed by atoms with Gasteiger partial charge in [0.1, 0.15) is 18.7 Å². The number of nitrogens with one attached hydrogen (secondary N) is 2. The van der Waals surface area contributed by atoms with Crippen LogP contribution in [0.4, 0.5) is 5.95 Å². The number of hydrogen-bond acceptors (Lipinski definition) is 4. The van der Waals surface area contributed by atoms with Gasteiger partial charge in [-0.1, -0.05) is 42.5 Å². The Morgan fingerprint density at radius 3 is 2.59 bits per heavy atom. The van der Waals surface area contributed by atoms with Gasteiger partial charge in [0.25, 0.3) is 0 Å². The van der Waals surface area contributed by atoms with Crippen LogP contribution < -0.4 is 10.1 Å². The summed E-state index contributed by atoms with van der Waals surface area (Å²) in [5.74, 6) is 1.52. The van der Waals surface area contributed by atoms with E-state index in [9.17, 15) is 0 Å². The Balaban J connectivity index is 1.67. The molecule has 0 unspecified atom stereocenters. The molecule has 0 aliphatic heterocycles. The summed E-state index contributed by atoms with van der Waals surface area (Å²) < 4.78 is 5.99. The fraction of sp³-hybridized carbons (Fsp3) is 0.176. The Hall–Kier alpha value is -2.82. The minimum absolute atomic E-state index is 0.562. The molecule has 0 aliphatic carbocycles. The molecule has 3 rings (SSSR count). The number of aryl methyl sites for hydroxylation is 1. The summed E-state index contributed by atoms with van der Waals surface area (Å²) in [5.41, 5.74) is 3.51. The van der Waals surface area contributed by atoms with Crippen LogP contribution in [0.5, 0.6) is 5.75 Å². The summed E-state index contributed by atoms with van der Waals surface area (Å²) >= 11 is 0. The maximum absolute atomic E-state index is 5.99. The minimum atomic E-state index is 0.562. The van der Waals surface area contributed by atoms with Gasteiger partial charge < -0.3 is 10.1 Å². The fourth-order valence-corrected chi connectivity index (χ4v) is 2.19. The first-order chi connectivity index (χ1) is 10.8. The van der Waals surface area contributed by atoms with E-state index in [4.69, 9.17) is 4.74 Å². The van der Waals surface area contributed by atoms with Crippen molar-refractivity contribution in [1.29, 1.82) is 0 Å². The molecular formula is C17H18N4O. The van der Waals surface area contributed by atoms with Crippen molar-refractivity contribution in [3.05, 3.63) is 71.5 Å². The number of hydrogen-bond donors (Lipinski definition) is 2. The molecule has 0 atom stereocenters. The predicted octanol–water partition coefficient (Wildman–Crippen LogP) is 3.30. The second-order valence-electron chi connectivity index (χ2n) is 5.01. The standard InChI is InChI=1S/C17H18N4O/c1-13-6-2-3-8-15(13)11-22-16-9-5-4-7-14(16)10-18-17-19-12-20-21-17/h2-9,12H,10-11H2,1H3,(H2,18,19,20,21). The zero-order chi connectivity index (χ0) is 15.2. The molecule has 0 saturated carbocycles. The Morgan fingerprint density at radius 2 is 1.82 bits per heavy atom. The molecule has 3 aromatic rings. The van der Waals surface area contributed by atoms with Gasteiger partial charge in [-0.3, -0.25) is 0 Å². The number of rotatable bonds is 6. The number of H-pyrrole nitrogens is 1. The maximum Gasteiger partial charge on any atom is 0.218 e. The topological polar surface area (TPSA) is 62.8 Å². The molecule has 0 radical (unpaired) electrons. The van der Waals surface area contributed by atoms with E-state index < -0.39 is 0 Å². The highest BCUT2D eigenvalue weighted by Crippen LogP contribution is 2.21. The van der Waals surface area contributed by atoms with Crippen molar-refractivity contribution in [1.82, 2.24) is 15.2 Å². The fourth-order valence-electron chi connectivity index (χ4n) is 2.19. The molecule has 0 fully saturated rings. The third-order valence-electron chi connectivity index (χ3n) is 3.48. The second-order valence-corrected chi connectivity index (χ2v) is 5.01. The number of nitrogens with zero attached hydrogens (tertiary/aromatic N) is 2. The number of para-hydroxylation sites is 1. The summed E-state index contributed by atoms with van der Waals surface area (Å²) in [6, 6.07) is 16.2. The zero-order valence-corrected chi connectivity index (χ0v) is 12.4. The molecule has 5 nitrogen and oxygen atoms in total. The molecule has 2 aromatic carbocycles. The van der Waals surface area contributed by atoms with Crippen molar-refractivity contribution in [3.63, 3.8) is 0 Å². The van der Waals surface area contributed by atoms with Crippen molar-refractivity contribution < 1.29 is 4.74 Å². The van der Waals surface area contributed by atoms with E-state index in [2.05, 4.69) is 39.6 Å². The molecule has 1 aromatic heterocycles. The van der Waals surface area contributed by atoms with Gasteiger partial charge in [-0.25, -0.2) is 10.1 Å². The van der Waals surface area contributed by atoms with Crippen LogP contribution in [-0.2, 0) is 13.2 Å². The van der Waals surface area contributed by atoms with Crippen LogP contribution in [0.2, 0.25) is 0 Å². The van der Waals surface area contributed by atoms with Gasteiger partial charge in [-0.2, -0.15) is 5.10 Å². The van der Waals surface area contributed by atoms with Gasteiger partial charge in [-0.05, 0) is 24.1 Å². The van der Waals surface area contributed by atoms with Gasteiger partial charge in [0, 0.05) is 12.1 Å². The summed E-state index contributed by atoms with van der Waals surface area (Å²) in [6.45, 7) is 3.28. The second kappa shape index (κ2) is 6.76. The Kier molecular flexibility index (Phi) is 4.34. The van der Waals surface area contributed by atoms with Crippen molar-refractivity contribution in [3.8, 4) is 5.75 Å². The molecule has 0 spiro atoms. The van der Waals surface area contributed by atoms with E-state index in [1.165, 1.54) is 17.5 Å². The average Bonchev–Trinajstić information content (AvgIpc) is 3.06. The number of anilines is 1. The zero-order valence-electron chi connectivity index (χ0n) is 12.4. The highest BCUT2D eigenvalue weighted by molar-refractivity contribution is 5.37.